The van der Waals surface area contributed by atoms with Gasteiger partial charge in [0.25, 0.3) is 5.91 Å². The molecule has 1 aromatic heterocycles. The molecule has 0 N–H and O–H groups in total. The molecule has 0 radical (unpaired) electrons. The molecular formula is C22H31N5O3. The van der Waals surface area contributed by atoms with Gasteiger partial charge in [-0.25, -0.2) is 9.97 Å². The average Bonchev–Trinajstić information content (AvgIpc) is 3.18. The van der Waals surface area contributed by atoms with Gasteiger partial charge in [0.15, 0.2) is 0 Å². The van der Waals surface area contributed by atoms with Gasteiger partial charge in [-0.1, -0.05) is 0 Å². The molecular weight excluding hydrogens is 382 g/mol. The van der Waals surface area contributed by atoms with Crippen LogP contribution in [-0.2, 0) is 9.59 Å². The molecule has 3 saturated heterocycles. The number of aromatic nitrogens is 2. The van der Waals surface area contributed by atoms with E-state index >= 15 is 0 Å². The van der Waals surface area contributed by atoms with E-state index in [0.29, 0.717) is 43.1 Å². The zero-order valence-electron chi connectivity index (χ0n) is 17.8. The van der Waals surface area contributed by atoms with Gasteiger partial charge in [-0.3, -0.25) is 14.4 Å². The van der Waals surface area contributed by atoms with E-state index in [2.05, 4.69) is 9.97 Å². The van der Waals surface area contributed by atoms with Crippen molar-refractivity contribution in [2.24, 2.45) is 0 Å². The van der Waals surface area contributed by atoms with E-state index < -0.39 is 0 Å². The lowest BCUT2D eigenvalue weighted by atomic mass is 9.96. The highest BCUT2D eigenvalue weighted by Crippen LogP contribution is 2.26. The fourth-order valence-corrected chi connectivity index (χ4v) is 4.71. The fourth-order valence-electron chi connectivity index (χ4n) is 4.71. The summed E-state index contributed by atoms with van der Waals surface area (Å²) in [4.78, 5) is 51.9. The van der Waals surface area contributed by atoms with Crippen molar-refractivity contribution in [3.63, 3.8) is 0 Å². The Morgan fingerprint density at radius 2 is 1.80 bits per heavy atom. The van der Waals surface area contributed by atoms with Gasteiger partial charge in [0.05, 0.1) is 17.8 Å². The summed E-state index contributed by atoms with van der Waals surface area (Å²) >= 11 is 0. The highest BCUT2D eigenvalue weighted by Gasteiger charge is 2.30. The quantitative estimate of drug-likeness (QED) is 0.750. The number of carbonyl (C=O) groups is 3. The highest BCUT2D eigenvalue weighted by atomic mass is 16.2. The van der Waals surface area contributed by atoms with Crippen LogP contribution in [0.4, 0.5) is 0 Å². The molecule has 0 saturated carbocycles. The molecule has 0 spiro atoms. The number of nitrogens with zero attached hydrogens (tertiary/aromatic N) is 5. The van der Waals surface area contributed by atoms with Gasteiger partial charge < -0.3 is 14.7 Å². The molecule has 4 rings (SSSR count). The van der Waals surface area contributed by atoms with Gasteiger partial charge in [-0.15, -0.1) is 0 Å². The molecule has 4 heterocycles. The molecule has 0 bridgehead atoms. The Balaban J connectivity index is 1.40. The van der Waals surface area contributed by atoms with E-state index in [0.717, 1.165) is 45.2 Å². The first-order valence-electron chi connectivity index (χ1n) is 11.2. The van der Waals surface area contributed by atoms with Crippen LogP contribution in [0.15, 0.2) is 6.20 Å². The lowest BCUT2D eigenvalue weighted by Gasteiger charge is -2.33. The monoisotopic (exact) mass is 413 g/mol. The predicted octanol–water partition coefficient (Wildman–Crippen LogP) is 1.74. The van der Waals surface area contributed by atoms with Crippen molar-refractivity contribution in [3.05, 3.63) is 23.3 Å². The number of hydrogen-bond acceptors (Lipinski definition) is 5. The number of hydrogen-bond donors (Lipinski definition) is 0. The summed E-state index contributed by atoms with van der Waals surface area (Å²) in [7, 11) is 0. The minimum Gasteiger partial charge on any atom is -0.340 e. The summed E-state index contributed by atoms with van der Waals surface area (Å²) in [6.07, 6.45) is 8.15. The molecule has 8 heteroatoms. The van der Waals surface area contributed by atoms with Crippen LogP contribution in [0.5, 0.6) is 0 Å². The third kappa shape index (κ3) is 4.47. The van der Waals surface area contributed by atoms with Gasteiger partial charge in [0, 0.05) is 51.3 Å². The Morgan fingerprint density at radius 1 is 1.03 bits per heavy atom. The Morgan fingerprint density at radius 3 is 2.50 bits per heavy atom. The second kappa shape index (κ2) is 9.10. The molecule has 8 nitrogen and oxygen atoms in total. The summed E-state index contributed by atoms with van der Waals surface area (Å²) in [6.45, 7) is 5.61. The van der Waals surface area contributed by atoms with Crippen LogP contribution in [0, 0.1) is 6.92 Å². The van der Waals surface area contributed by atoms with Crippen molar-refractivity contribution in [1.82, 2.24) is 24.7 Å². The summed E-state index contributed by atoms with van der Waals surface area (Å²) in [6, 6.07) is 0. The Kier molecular flexibility index (Phi) is 6.29. The first kappa shape index (κ1) is 20.8. The molecule has 1 atom stereocenters. The maximum atomic E-state index is 12.8. The molecule has 3 aliphatic heterocycles. The first-order valence-corrected chi connectivity index (χ1v) is 11.2. The standard InChI is InChI=1S/C22H31N5O3/c1-16-18(22(30)25-9-3-2-4-10-25)13-23-21(24-16)17-7-5-11-26(14-17)20(29)15-27-12-6-8-19(27)28/h13,17H,2-12,14-15H2,1H3. The summed E-state index contributed by atoms with van der Waals surface area (Å²) in [5, 5.41) is 0. The van der Waals surface area contributed by atoms with E-state index in [4.69, 9.17) is 0 Å². The van der Waals surface area contributed by atoms with Crippen LogP contribution >= 0.6 is 0 Å². The zero-order valence-corrected chi connectivity index (χ0v) is 17.8. The second-order valence-electron chi connectivity index (χ2n) is 8.68. The lowest BCUT2D eigenvalue weighted by Crippen LogP contribution is -2.45. The topological polar surface area (TPSA) is 86.7 Å². The first-order chi connectivity index (χ1) is 14.5. The van der Waals surface area contributed by atoms with Crippen molar-refractivity contribution in [2.75, 3.05) is 39.3 Å². The number of piperidine rings is 2. The largest absolute Gasteiger partial charge is 0.340 e. The molecule has 30 heavy (non-hydrogen) atoms. The van der Waals surface area contributed by atoms with Crippen LogP contribution in [0.2, 0.25) is 0 Å². The maximum Gasteiger partial charge on any atom is 0.257 e. The minimum absolute atomic E-state index is 0.00330. The number of likely N-dealkylation sites (tertiary alicyclic amines) is 3. The third-order valence-electron chi connectivity index (χ3n) is 6.51. The van der Waals surface area contributed by atoms with Crippen LogP contribution in [0.25, 0.3) is 0 Å². The summed E-state index contributed by atoms with van der Waals surface area (Å²) < 4.78 is 0. The van der Waals surface area contributed by atoms with Crippen molar-refractivity contribution >= 4 is 17.7 Å². The minimum atomic E-state index is 0.00330. The number of rotatable bonds is 4. The Bertz CT molecular complexity index is 821. The van der Waals surface area contributed by atoms with Gasteiger partial charge in [0.1, 0.15) is 5.82 Å². The fraction of sp³-hybridized carbons (Fsp3) is 0.682. The third-order valence-corrected chi connectivity index (χ3v) is 6.51. The van der Waals surface area contributed by atoms with Crippen molar-refractivity contribution in [1.29, 1.82) is 0 Å². The van der Waals surface area contributed by atoms with E-state index in [1.807, 2.05) is 16.7 Å². The molecule has 3 amide bonds. The number of aryl methyl sites for hydroxylation is 1. The van der Waals surface area contributed by atoms with Crippen molar-refractivity contribution in [2.45, 2.75) is 57.8 Å². The van der Waals surface area contributed by atoms with Crippen LogP contribution in [-0.4, -0.2) is 81.7 Å². The molecule has 1 aromatic rings. The molecule has 0 aliphatic carbocycles. The predicted molar refractivity (Wildman–Crippen MR) is 111 cm³/mol. The van der Waals surface area contributed by atoms with Crippen molar-refractivity contribution in [3.8, 4) is 0 Å². The number of amides is 3. The number of carbonyl (C=O) groups excluding carboxylic acids is 3. The van der Waals surface area contributed by atoms with E-state index in [9.17, 15) is 14.4 Å². The van der Waals surface area contributed by atoms with Gasteiger partial charge in [-0.05, 0) is 45.4 Å². The molecule has 3 aliphatic rings. The summed E-state index contributed by atoms with van der Waals surface area (Å²) in [5.41, 5.74) is 1.29. The van der Waals surface area contributed by atoms with E-state index in [-0.39, 0.29) is 30.2 Å². The molecule has 3 fully saturated rings. The molecule has 162 valence electrons. The Labute approximate surface area is 177 Å². The SMILES string of the molecule is Cc1nc(C2CCCN(C(=O)CN3CCCC3=O)C2)ncc1C(=O)N1CCCCC1. The van der Waals surface area contributed by atoms with Crippen molar-refractivity contribution < 1.29 is 14.4 Å². The summed E-state index contributed by atoms with van der Waals surface area (Å²) in [5.74, 6) is 0.870. The molecule has 1 unspecified atom stereocenters. The second-order valence-corrected chi connectivity index (χ2v) is 8.68. The smallest absolute Gasteiger partial charge is 0.257 e. The van der Waals surface area contributed by atoms with Gasteiger partial charge >= 0.3 is 0 Å². The van der Waals surface area contributed by atoms with E-state index in [1.54, 1.807) is 11.1 Å². The lowest BCUT2D eigenvalue weighted by molar-refractivity contribution is -0.139. The zero-order chi connectivity index (χ0) is 21.1. The van der Waals surface area contributed by atoms with Crippen LogP contribution in [0.3, 0.4) is 0 Å². The van der Waals surface area contributed by atoms with Crippen LogP contribution < -0.4 is 0 Å². The van der Waals surface area contributed by atoms with Crippen LogP contribution in [0.1, 0.15) is 72.7 Å². The average molecular weight is 414 g/mol. The van der Waals surface area contributed by atoms with E-state index in [1.165, 1.54) is 6.42 Å². The Hall–Kier alpha value is -2.51. The molecule has 0 aromatic carbocycles. The highest BCUT2D eigenvalue weighted by molar-refractivity contribution is 5.95. The normalized spacial score (nSPS) is 22.5. The van der Waals surface area contributed by atoms with Gasteiger partial charge in [-0.2, -0.15) is 0 Å². The van der Waals surface area contributed by atoms with Gasteiger partial charge in [0.2, 0.25) is 11.8 Å². The maximum absolute atomic E-state index is 12.8.